The van der Waals surface area contributed by atoms with Gasteiger partial charge in [-0.15, -0.1) is 11.3 Å². The normalized spacial score (nSPS) is 11.7. The molecule has 2 aromatic rings. The first-order valence-corrected chi connectivity index (χ1v) is 8.13. The lowest BCUT2D eigenvalue weighted by Gasteiger charge is -2.18. The topological polar surface area (TPSA) is 28.2 Å². The molecule has 0 aliphatic carbocycles. The van der Waals surface area contributed by atoms with Gasteiger partial charge in [0.1, 0.15) is 0 Å². The van der Waals surface area contributed by atoms with Gasteiger partial charge in [-0.25, -0.2) is 4.98 Å². The number of nitrogens with one attached hydrogen (secondary N) is 1. The molecule has 21 heavy (non-hydrogen) atoms. The summed E-state index contributed by atoms with van der Waals surface area (Å²) < 4.78 is 0. The highest BCUT2D eigenvalue weighted by atomic mass is 32.1. The van der Waals surface area contributed by atoms with Gasteiger partial charge in [-0.05, 0) is 12.6 Å². The molecule has 1 heterocycles. The molecular formula is C17H25N3S. The molecule has 0 aliphatic rings. The Balaban J connectivity index is 2.23. The van der Waals surface area contributed by atoms with Crippen LogP contribution in [0.2, 0.25) is 0 Å². The molecule has 2 rings (SSSR count). The van der Waals surface area contributed by atoms with Crippen molar-refractivity contribution in [2.24, 2.45) is 0 Å². The van der Waals surface area contributed by atoms with E-state index in [1.165, 1.54) is 16.1 Å². The van der Waals surface area contributed by atoms with Gasteiger partial charge in [-0.3, -0.25) is 0 Å². The van der Waals surface area contributed by atoms with Crippen molar-refractivity contribution >= 4 is 16.5 Å². The molecule has 4 heteroatoms. The summed E-state index contributed by atoms with van der Waals surface area (Å²) in [6.45, 7) is 8.44. The van der Waals surface area contributed by atoms with Crippen LogP contribution in [0.3, 0.4) is 0 Å². The lowest BCUT2D eigenvalue weighted by Crippen LogP contribution is -2.18. The van der Waals surface area contributed by atoms with E-state index in [9.17, 15) is 0 Å². The third kappa shape index (κ3) is 4.05. The Hall–Kier alpha value is -1.39. The van der Waals surface area contributed by atoms with E-state index in [1.54, 1.807) is 11.3 Å². The second-order valence-corrected chi connectivity index (χ2v) is 7.45. The quantitative estimate of drug-likeness (QED) is 0.910. The van der Waals surface area contributed by atoms with Crippen molar-refractivity contribution in [3.8, 4) is 0 Å². The van der Waals surface area contributed by atoms with Crippen LogP contribution >= 0.6 is 11.3 Å². The predicted octanol–water partition coefficient (Wildman–Crippen LogP) is 3.80. The summed E-state index contributed by atoms with van der Waals surface area (Å²) >= 11 is 1.79. The Morgan fingerprint density at radius 3 is 2.43 bits per heavy atom. The number of hydrogen-bond acceptors (Lipinski definition) is 4. The molecule has 0 aliphatic heterocycles. The van der Waals surface area contributed by atoms with Crippen LogP contribution in [0.25, 0.3) is 0 Å². The van der Waals surface area contributed by atoms with Gasteiger partial charge in [0.15, 0.2) is 5.13 Å². The Morgan fingerprint density at radius 2 is 1.86 bits per heavy atom. The Morgan fingerprint density at radius 1 is 1.19 bits per heavy atom. The zero-order valence-corrected chi connectivity index (χ0v) is 14.4. The molecule has 0 atom stereocenters. The molecule has 1 aromatic heterocycles. The molecule has 1 N–H and O–H groups in total. The monoisotopic (exact) mass is 303 g/mol. The second-order valence-electron chi connectivity index (χ2n) is 6.39. The fourth-order valence-electron chi connectivity index (χ4n) is 2.29. The fraction of sp³-hybridized carbons (Fsp3) is 0.471. The average molecular weight is 303 g/mol. The van der Waals surface area contributed by atoms with Crippen molar-refractivity contribution in [1.82, 2.24) is 10.3 Å². The Kier molecular flexibility index (Phi) is 5.01. The summed E-state index contributed by atoms with van der Waals surface area (Å²) in [6.07, 6.45) is 0. The highest BCUT2D eigenvalue weighted by Crippen LogP contribution is 2.33. The van der Waals surface area contributed by atoms with E-state index in [2.05, 4.69) is 68.4 Å². The molecule has 0 saturated heterocycles. The maximum absolute atomic E-state index is 4.90. The van der Waals surface area contributed by atoms with Crippen molar-refractivity contribution in [3.63, 3.8) is 0 Å². The Bertz CT molecular complexity index is 569. The first-order valence-electron chi connectivity index (χ1n) is 7.31. The van der Waals surface area contributed by atoms with E-state index in [1.807, 2.05) is 7.05 Å². The summed E-state index contributed by atoms with van der Waals surface area (Å²) in [5, 5.41) is 4.34. The minimum atomic E-state index is 0.0779. The molecule has 0 bridgehead atoms. The molecule has 3 nitrogen and oxygen atoms in total. The summed E-state index contributed by atoms with van der Waals surface area (Å²) in [5.41, 5.74) is 2.59. The van der Waals surface area contributed by atoms with Crippen LogP contribution in [-0.2, 0) is 18.5 Å². The number of rotatable bonds is 5. The van der Waals surface area contributed by atoms with Crippen LogP contribution in [0.1, 0.15) is 36.9 Å². The van der Waals surface area contributed by atoms with E-state index in [-0.39, 0.29) is 5.41 Å². The van der Waals surface area contributed by atoms with Crippen LogP contribution in [0, 0.1) is 0 Å². The minimum Gasteiger partial charge on any atom is -0.347 e. The van der Waals surface area contributed by atoms with Crippen LogP contribution in [0.5, 0.6) is 0 Å². The fourth-order valence-corrected chi connectivity index (χ4v) is 3.54. The van der Waals surface area contributed by atoms with Gasteiger partial charge < -0.3 is 10.2 Å². The van der Waals surface area contributed by atoms with Crippen LogP contribution in [0.4, 0.5) is 5.13 Å². The average Bonchev–Trinajstić information content (AvgIpc) is 2.84. The lowest BCUT2D eigenvalue weighted by atomic mass is 9.91. The zero-order valence-electron chi connectivity index (χ0n) is 13.6. The van der Waals surface area contributed by atoms with Gasteiger partial charge in [-0.2, -0.15) is 0 Å². The van der Waals surface area contributed by atoms with Gasteiger partial charge in [0.25, 0.3) is 0 Å². The number of hydrogen-bond donors (Lipinski definition) is 1. The standard InChI is InChI=1S/C17H25N3S/c1-17(2,3)15-14(11-18-4)21-16(19-15)20(5)12-13-9-7-6-8-10-13/h6-10,18H,11-12H2,1-5H3. The Labute approximate surface area is 132 Å². The molecular weight excluding hydrogens is 278 g/mol. The van der Waals surface area contributed by atoms with Gasteiger partial charge in [-0.1, -0.05) is 51.1 Å². The van der Waals surface area contributed by atoms with Gasteiger partial charge in [0.05, 0.1) is 5.69 Å². The maximum atomic E-state index is 4.90. The molecule has 0 unspecified atom stereocenters. The molecule has 0 radical (unpaired) electrons. The highest BCUT2D eigenvalue weighted by molar-refractivity contribution is 7.15. The van der Waals surface area contributed by atoms with Gasteiger partial charge in [0, 0.05) is 30.4 Å². The maximum Gasteiger partial charge on any atom is 0.185 e. The largest absolute Gasteiger partial charge is 0.347 e. The molecule has 114 valence electrons. The van der Waals surface area contributed by atoms with Crippen molar-refractivity contribution in [3.05, 3.63) is 46.5 Å². The summed E-state index contributed by atoms with van der Waals surface area (Å²) in [5.74, 6) is 0. The van der Waals surface area contributed by atoms with Gasteiger partial charge >= 0.3 is 0 Å². The zero-order chi connectivity index (χ0) is 15.5. The summed E-state index contributed by atoms with van der Waals surface area (Å²) in [6, 6.07) is 10.5. The molecule has 0 fully saturated rings. The molecule has 0 saturated carbocycles. The van der Waals surface area contributed by atoms with Crippen molar-refractivity contribution in [1.29, 1.82) is 0 Å². The second kappa shape index (κ2) is 6.58. The summed E-state index contributed by atoms with van der Waals surface area (Å²) in [7, 11) is 4.10. The first kappa shape index (κ1) is 16.0. The van der Waals surface area contributed by atoms with E-state index < -0.39 is 0 Å². The first-order chi connectivity index (χ1) is 9.91. The summed E-state index contributed by atoms with van der Waals surface area (Å²) in [4.78, 5) is 8.46. The van der Waals surface area contributed by atoms with Crippen LogP contribution in [-0.4, -0.2) is 19.1 Å². The van der Waals surface area contributed by atoms with Crippen molar-refractivity contribution in [2.75, 3.05) is 19.0 Å². The van der Waals surface area contributed by atoms with E-state index >= 15 is 0 Å². The van der Waals surface area contributed by atoms with E-state index in [4.69, 9.17) is 4.98 Å². The van der Waals surface area contributed by atoms with E-state index in [0.29, 0.717) is 0 Å². The van der Waals surface area contributed by atoms with E-state index in [0.717, 1.165) is 18.2 Å². The number of aromatic nitrogens is 1. The smallest absolute Gasteiger partial charge is 0.185 e. The molecule has 0 spiro atoms. The van der Waals surface area contributed by atoms with Crippen molar-refractivity contribution in [2.45, 2.75) is 39.3 Å². The third-order valence-electron chi connectivity index (χ3n) is 3.32. The number of anilines is 1. The minimum absolute atomic E-state index is 0.0779. The lowest BCUT2D eigenvalue weighted by molar-refractivity contribution is 0.563. The van der Waals surface area contributed by atoms with Crippen LogP contribution < -0.4 is 10.2 Å². The number of thiazole rings is 1. The molecule has 0 amide bonds. The van der Waals surface area contributed by atoms with Crippen LogP contribution in [0.15, 0.2) is 30.3 Å². The van der Waals surface area contributed by atoms with Crippen molar-refractivity contribution < 1.29 is 0 Å². The number of nitrogens with zero attached hydrogens (tertiary/aromatic N) is 2. The number of benzene rings is 1. The third-order valence-corrected chi connectivity index (χ3v) is 4.49. The highest BCUT2D eigenvalue weighted by Gasteiger charge is 2.23. The molecule has 1 aromatic carbocycles. The predicted molar refractivity (Wildman–Crippen MR) is 92.1 cm³/mol. The SMILES string of the molecule is CNCc1sc(N(C)Cc2ccccc2)nc1C(C)(C)C. The van der Waals surface area contributed by atoms with Gasteiger partial charge in [0.2, 0.25) is 0 Å².